The van der Waals surface area contributed by atoms with E-state index in [4.69, 9.17) is 5.73 Å². The summed E-state index contributed by atoms with van der Waals surface area (Å²) in [5.74, 6) is 0.478. The van der Waals surface area contributed by atoms with E-state index in [9.17, 15) is 4.79 Å². The molecule has 0 aromatic carbocycles. The predicted molar refractivity (Wildman–Crippen MR) is 80.5 cm³/mol. The van der Waals surface area contributed by atoms with Crippen LogP contribution in [0.4, 0.5) is 11.5 Å². The third-order valence-electron chi connectivity index (χ3n) is 3.64. The molecule has 6 nitrogen and oxygen atoms in total. The van der Waals surface area contributed by atoms with E-state index in [2.05, 4.69) is 27.0 Å². The van der Waals surface area contributed by atoms with Gasteiger partial charge in [-0.15, -0.1) is 0 Å². The fraction of sp³-hybridized carbons (Fsp3) is 0.571. The Morgan fingerprint density at radius 2 is 2.00 bits per heavy atom. The van der Waals surface area contributed by atoms with Crippen molar-refractivity contribution < 1.29 is 4.79 Å². The topological polar surface area (TPSA) is 74.5 Å². The quantitative estimate of drug-likeness (QED) is 0.826. The van der Waals surface area contributed by atoms with E-state index >= 15 is 0 Å². The van der Waals surface area contributed by atoms with Gasteiger partial charge in [0.15, 0.2) is 0 Å². The molecule has 2 heterocycles. The zero-order valence-electron chi connectivity index (χ0n) is 12.0. The van der Waals surface area contributed by atoms with Crippen LogP contribution in [0.25, 0.3) is 0 Å². The Hall–Kier alpha value is -1.66. The third-order valence-corrected chi connectivity index (χ3v) is 3.64. The molecule has 0 unspecified atom stereocenters. The summed E-state index contributed by atoms with van der Waals surface area (Å²) in [7, 11) is 0. The van der Waals surface area contributed by atoms with Gasteiger partial charge < -0.3 is 20.9 Å². The second-order valence-electron chi connectivity index (χ2n) is 5.05. The first kappa shape index (κ1) is 14.7. The number of piperazine rings is 1. The molecule has 20 heavy (non-hydrogen) atoms. The maximum absolute atomic E-state index is 11.9. The molecule has 0 saturated carbocycles. The second kappa shape index (κ2) is 7.21. The van der Waals surface area contributed by atoms with Crippen molar-refractivity contribution in [1.29, 1.82) is 0 Å². The van der Waals surface area contributed by atoms with Gasteiger partial charge in [-0.05, 0) is 18.7 Å². The van der Waals surface area contributed by atoms with Crippen LogP contribution in [-0.4, -0.2) is 60.0 Å². The predicted octanol–water partition coefficient (Wildman–Crippen LogP) is 0.630. The summed E-state index contributed by atoms with van der Waals surface area (Å²) in [4.78, 5) is 20.6. The lowest BCUT2D eigenvalue weighted by Crippen LogP contribution is -2.46. The molecule has 1 saturated heterocycles. The normalized spacial score (nSPS) is 17.1. The smallest absolute Gasteiger partial charge is 0.225 e. The molecule has 1 amide bonds. The zero-order chi connectivity index (χ0) is 14.4. The van der Waals surface area contributed by atoms with Gasteiger partial charge in [0.2, 0.25) is 5.91 Å². The summed E-state index contributed by atoms with van der Waals surface area (Å²) in [5.41, 5.74) is 6.20. The van der Waals surface area contributed by atoms with E-state index in [1.165, 1.54) is 0 Å². The number of rotatable bonds is 5. The Bertz CT molecular complexity index is 426. The molecule has 1 aliphatic rings. The number of nitrogens with one attached hydrogen (secondary N) is 1. The maximum atomic E-state index is 11.9. The second-order valence-corrected chi connectivity index (χ2v) is 5.05. The van der Waals surface area contributed by atoms with Gasteiger partial charge in [0.05, 0.1) is 11.9 Å². The number of aromatic nitrogens is 1. The number of hydrogen-bond donors (Lipinski definition) is 2. The van der Waals surface area contributed by atoms with Gasteiger partial charge >= 0.3 is 0 Å². The minimum atomic E-state index is 0.0227. The highest BCUT2D eigenvalue weighted by Crippen LogP contribution is 2.08. The SMILES string of the molecule is CCN1CCN(CCC(=O)Nc2ccc(N)nc2)CC1. The Labute approximate surface area is 120 Å². The monoisotopic (exact) mass is 277 g/mol. The standard InChI is InChI=1S/C14H23N5O/c1-2-18-7-9-19(10-8-18)6-5-14(20)17-12-3-4-13(15)16-11-12/h3-4,11H,2,5-10H2,1H3,(H2,15,16)(H,17,20). The number of nitrogen functional groups attached to an aromatic ring is 1. The average molecular weight is 277 g/mol. The Balaban J connectivity index is 1.69. The largest absolute Gasteiger partial charge is 0.384 e. The molecule has 3 N–H and O–H groups in total. The molecule has 0 atom stereocenters. The summed E-state index contributed by atoms with van der Waals surface area (Å²) >= 11 is 0. The van der Waals surface area contributed by atoms with Crippen molar-refractivity contribution in [3.63, 3.8) is 0 Å². The van der Waals surface area contributed by atoms with Gasteiger partial charge in [0.1, 0.15) is 5.82 Å². The summed E-state index contributed by atoms with van der Waals surface area (Å²) in [5, 5.41) is 2.83. The first-order valence-electron chi connectivity index (χ1n) is 7.13. The lowest BCUT2D eigenvalue weighted by molar-refractivity contribution is -0.116. The lowest BCUT2D eigenvalue weighted by Gasteiger charge is -2.33. The van der Waals surface area contributed by atoms with E-state index in [1.54, 1.807) is 18.3 Å². The van der Waals surface area contributed by atoms with Gasteiger partial charge in [-0.25, -0.2) is 4.98 Å². The molecule has 1 aliphatic heterocycles. The van der Waals surface area contributed by atoms with Crippen molar-refractivity contribution in [2.45, 2.75) is 13.3 Å². The zero-order valence-corrected chi connectivity index (χ0v) is 12.0. The van der Waals surface area contributed by atoms with Crippen molar-refractivity contribution in [1.82, 2.24) is 14.8 Å². The highest BCUT2D eigenvalue weighted by molar-refractivity contribution is 5.90. The number of anilines is 2. The van der Waals surface area contributed by atoms with Crippen LogP contribution in [0.5, 0.6) is 0 Å². The minimum absolute atomic E-state index is 0.0227. The van der Waals surface area contributed by atoms with E-state index in [-0.39, 0.29) is 5.91 Å². The Kier molecular flexibility index (Phi) is 5.31. The summed E-state index contributed by atoms with van der Waals surface area (Å²) < 4.78 is 0. The van der Waals surface area contributed by atoms with Crippen LogP contribution < -0.4 is 11.1 Å². The van der Waals surface area contributed by atoms with Crippen LogP contribution >= 0.6 is 0 Å². The van der Waals surface area contributed by atoms with Crippen LogP contribution in [-0.2, 0) is 4.79 Å². The van der Waals surface area contributed by atoms with Crippen LogP contribution in [0.1, 0.15) is 13.3 Å². The van der Waals surface area contributed by atoms with E-state index in [0.29, 0.717) is 17.9 Å². The average Bonchev–Trinajstić information content (AvgIpc) is 2.48. The molecule has 0 spiro atoms. The highest BCUT2D eigenvalue weighted by Gasteiger charge is 2.16. The van der Waals surface area contributed by atoms with Gasteiger partial charge in [-0.2, -0.15) is 0 Å². The van der Waals surface area contributed by atoms with Crippen molar-refractivity contribution in [2.75, 3.05) is 50.3 Å². The molecule has 0 aliphatic carbocycles. The van der Waals surface area contributed by atoms with Crippen LogP contribution in [0.2, 0.25) is 0 Å². The van der Waals surface area contributed by atoms with Gasteiger partial charge in [0.25, 0.3) is 0 Å². The number of likely N-dealkylation sites (N-methyl/N-ethyl adjacent to an activating group) is 1. The number of nitrogens with two attached hydrogens (primary N) is 1. The maximum Gasteiger partial charge on any atom is 0.225 e. The van der Waals surface area contributed by atoms with Crippen molar-refractivity contribution in [3.05, 3.63) is 18.3 Å². The van der Waals surface area contributed by atoms with E-state index < -0.39 is 0 Å². The molecular weight excluding hydrogens is 254 g/mol. The van der Waals surface area contributed by atoms with Gasteiger partial charge in [-0.1, -0.05) is 6.92 Å². The molecule has 110 valence electrons. The fourth-order valence-electron chi connectivity index (χ4n) is 2.29. The Morgan fingerprint density at radius 3 is 2.60 bits per heavy atom. The summed E-state index contributed by atoms with van der Waals surface area (Å²) in [6.07, 6.45) is 2.09. The summed E-state index contributed by atoms with van der Waals surface area (Å²) in [6.45, 7) is 8.39. The molecule has 0 bridgehead atoms. The van der Waals surface area contributed by atoms with E-state index in [1.807, 2.05) is 0 Å². The Morgan fingerprint density at radius 1 is 1.30 bits per heavy atom. The van der Waals surface area contributed by atoms with Crippen molar-refractivity contribution in [3.8, 4) is 0 Å². The first-order valence-corrected chi connectivity index (χ1v) is 7.13. The van der Waals surface area contributed by atoms with Gasteiger partial charge in [-0.3, -0.25) is 4.79 Å². The van der Waals surface area contributed by atoms with Gasteiger partial charge in [0, 0.05) is 39.1 Å². The number of carbonyl (C=O) groups is 1. The van der Waals surface area contributed by atoms with Crippen LogP contribution in [0.3, 0.4) is 0 Å². The number of pyridine rings is 1. The highest BCUT2D eigenvalue weighted by atomic mass is 16.1. The van der Waals surface area contributed by atoms with Crippen LogP contribution in [0.15, 0.2) is 18.3 Å². The molecular formula is C14H23N5O. The molecule has 6 heteroatoms. The number of nitrogens with zero attached hydrogens (tertiary/aromatic N) is 3. The third kappa shape index (κ3) is 4.47. The first-order chi connectivity index (χ1) is 9.67. The molecule has 1 aromatic rings. The van der Waals surface area contributed by atoms with Crippen molar-refractivity contribution in [2.24, 2.45) is 0 Å². The lowest BCUT2D eigenvalue weighted by atomic mass is 10.2. The molecule has 2 rings (SSSR count). The van der Waals surface area contributed by atoms with Crippen LogP contribution in [0, 0.1) is 0 Å². The number of amides is 1. The molecule has 1 fully saturated rings. The van der Waals surface area contributed by atoms with E-state index in [0.717, 1.165) is 39.3 Å². The summed E-state index contributed by atoms with van der Waals surface area (Å²) in [6, 6.07) is 3.44. The molecule has 1 aromatic heterocycles. The molecule has 0 radical (unpaired) electrons. The number of hydrogen-bond acceptors (Lipinski definition) is 5. The fourth-order valence-corrected chi connectivity index (χ4v) is 2.29. The minimum Gasteiger partial charge on any atom is -0.384 e. The number of carbonyl (C=O) groups excluding carboxylic acids is 1. The van der Waals surface area contributed by atoms with Crippen molar-refractivity contribution >= 4 is 17.4 Å².